The number of nitriles is 1. The first-order valence-corrected chi connectivity index (χ1v) is 20.7. The Morgan fingerprint density at radius 1 is 0.950 bits per heavy atom. The highest BCUT2D eigenvalue weighted by Crippen LogP contribution is 2.56. The summed E-state index contributed by atoms with van der Waals surface area (Å²) in [6, 6.07) is 11.8. The maximum atomic E-state index is 15.5. The number of ether oxygens (including phenoxy) is 1. The van der Waals surface area contributed by atoms with Crippen molar-refractivity contribution in [3.8, 4) is 11.8 Å². The number of piperidine rings is 2. The van der Waals surface area contributed by atoms with Crippen LogP contribution in [-0.4, -0.2) is 114 Å². The summed E-state index contributed by atoms with van der Waals surface area (Å²) in [6.07, 6.45) is -0.178. The van der Waals surface area contributed by atoms with Gasteiger partial charge < -0.3 is 19.9 Å². The normalized spacial score (nSPS) is 27.8. The molecule has 15 nitrogen and oxygen atoms in total. The molecule has 6 aliphatic rings. The quantitative estimate of drug-likeness (QED) is 0.299. The lowest BCUT2D eigenvalue weighted by atomic mass is 9.49. The van der Waals surface area contributed by atoms with Gasteiger partial charge in [0.25, 0.3) is 17.7 Å². The fraction of sp³-hybridized carbons (Fsp3) is 0.488. The number of piperazine rings is 1. The molecule has 1 aromatic heterocycles. The van der Waals surface area contributed by atoms with Gasteiger partial charge in [-0.15, -0.1) is 10.2 Å². The van der Waals surface area contributed by atoms with E-state index in [0.717, 1.165) is 43.7 Å². The second-order valence-corrected chi connectivity index (χ2v) is 18.5. The second kappa shape index (κ2) is 14.5. The van der Waals surface area contributed by atoms with Crippen LogP contribution in [0.5, 0.6) is 5.75 Å². The van der Waals surface area contributed by atoms with E-state index >= 15 is 4.39 Å². The van der Waals surface area contributed by atoms with Crippen LogP contribution in [-0.2, 0) is 9.59 Å². The van der Waals surface area contributed by atoms with Gasteiger partial charge in [-0.1, -0.05) is 39.3 Å². The van der Waals surface area contributed by atoms with Gasteiger partial charge in [-0.2, -0.15) is 5.26 Å². The Balaban J connectivity index is 0.743. The molecular weight excluding hydrogens is 793 g/mol. The summed E-state index contributed by atoms with van der Waals surface area (Å²) in [7, 11) is 0. The maximum Gasteiger partial charge on any atom is 0.272 e. The third-order valence-corrected chi connectivity index (χ3v) is 14.0. The van der Waals surface area contributed by atoms with Crippen LogP contribution in [0.15, 0.2) is 42.5 Å². The molecule has 3 saturated heterocycles. The topological polar surface area (TPSA) is 181 Å². The van der Waals surface area contributed by atoms with Crippen molar-refractivity contribution in [2.24, 2.45) is 28.6 Å². The van der Waals surface area contributed by atoms with Crippen LogP contribution in [0.1, 0.15) is 77.3 Å². The number of hydrogen-bond acceptors (Lipinski definition) is 12. The molecule has 312 valence electrons. The molecule has 60 heavy (non-hydrogen) atoms. The number of imide groups is 2. The van der Waals surface area contributed by atoms with E-state index in [1.807, 2.05) is 38.7 Å². The standard InChI is InChI=1S/C43H45ClFN9O6/c1-42(2)40(43(3,4)41(42)60-23-6-5-22(18-46)29(44)15-23)48-36(56)31-7-9-34(50-49-31)52-13-11-51(12-14-52)19-26-27-20-53(21-28(26)27)33-17-25-24(16-30(33)45)38(58)54(39(25)59)32-8-10-35(55)47-37(32)57/h5-7,9,15-17,26-28,32,40-41H,8,10-14,19-21H2,1-4H3,(H,48,56)(H,47,55,57)/t26?,27-,28+,32?,40?,41?. The van der Waals surface area contributed by atoms with Crippen LogP contribution in [0.4, 0.5) is 15.9 Å². The van der Waals surface area contributed by atoms with Crippen LogP contribution in [0.2, 0.25) is 5.02 Å². The summed E-state index contributed by atoms with van der Waals surface area (Å²) in [5, 5.41) is 23.6. The number of rotatable bonds is 9. The molecule has 5 fully saturated rings. The number of amides is 5. The van der Waals surface area contributed by atoms with Gasteiger partial charge in [-0.25, -0.2) is 4.39 Å². The number of carbonyl (C=O) groups is 5. The SMILES string of the molecule is CC1(C)C(NC(=O)c2ccc(N3CCN(CC4[C@H]5CN(c6cc7c(cc6F)C(=O)N(C6CCC(=O)NC6=O)C7=O)C[C@@H]45)CC3)nn2)C(C)(C)C1Oc1ccc(C#N)c(Cl)c1. The summed E-state index contributed by atoms with van der Waals surface area (Å²) in [5.41, 5.74) is 0.0745. The average Bonchev–Trinajstić information content (AvgIpc) is 3.52. The van der Waals surface area contributed by atoms with Crippen molar-refractivity contribution >= 4 is 52.6 Å². The first-order valence-electron chi connectivity index (χ1n) is 20.3. The molecule has 5 heterocycles. The number of nitrogens with zero attached hydrogens (tertiary/aromatic N) is 7. The molecule has 17 heteroatoms. The predicted octanol–water partition coefficient (Wildman–Crippen LogP) is 3.66. The summed E-state index contributed by atoms with van der Waals surface area (Å²) >= 11 is 6.23. The van der Waals surface area contributed by atoms with Crippen molar-refractivity contribution in [3.05, 3.63) is 75.7 Å². The summed E-state index contributed by atoms with van der Waals surface area (Å²) in [4.78, 5) is 71.3. The Kier molecular flexibility index (Phi) is 9.62. The van der Waals surface area contributed by atoms with Crippen molar-refractivity contribution in [2.75, 3.05) is 55.6 Å². The van der Waals surface area contributed by atoms with Crippen molar-refractivity contribution in [1.82, 2.24) is 30.6 Å². The van der Waals surface area contributed by atoms with Crippen LogP contribution in [0.25, 0.3) is 0 Å². The minimum Gasteiger partial charge on any atom is -0.489 e. The lowest BCUT2D eigenvalue weighted by molar-refractivity contribution is -0.164. The van der Waals surface area contributed by atoms with E-state index in [4.69, 9.17) is 16.3 Å². The van der Waals surface area contributed by atoms with Gasteiger partial charge in [0.2, 0.25) is 11.8 Å². The number of anilines is 2. The van der Waals surface area contributed by atoms with E-state index in [-0.39, 0.29) is 53.4 Å². The molecule has 0 spiro atoms. The van der Waals surface area contributed by atoms with E-state index in [1.54, 1.807) is 24.3 Å². The molecule has 5 amide bonds. The largest absolute Gasteiger partial charge is 0.489 e. The summed E-state index contributed by atoms with van der Waals surface area (Å²) in [5.74, 6) is -0.863. The van der Waals surface area contributed by atoms with Gasteiger partial charge in [0.15, 0.2) is 11.5 Å². The fourth-order valence-corrected chi connectivity index (χ4v) is 10.9. The zero-order valence-corrected chi connectivity index (χ0v) is 34.5. The van der Waals surface area contributed by atoms with Crippen molar-refractivity contribution in [1.29, 1.82) is 5.26 Å². The van der Waals surface area contributed by atoms with Crippen molar-refractivity contribution in [3.63, 3.8) is 0 Å². The number of hydrogen-bond donors (Lipinski definition) is 2. The van der Waals surface area contributed by atoms with E-state index < -0.39 is 46.3 Å². The minimum atomic E-state index is -1.10. The molecule has 2 saturated carbocycles. The van der Waals surface area contributed by atoms with Gasteiger partial charge in [0.1, 0.15) is 29.8 Å². The van der Waals surface area contributed by atoms with E-state index in [2.05, 4.69) is 36.7 Å². The Hall–Kier alpha value is -5.66. The van der Waals surface area contributed by atoms with Crippen LogP contribution >= 0.6 is 11.6 Å². The van der Waals surface area contributed by atoms with Crippen molar-refractivity contribution < 1.29 is 33.1 Å². The van der Waals surface area contributed by atoms with Crippen LogP contribution in [0, 0.1) is 45.7 Å². The number of nitrogens with one attached hydrogen (secondary N) is 2. The lowest BCUT2D eigenvalue weighted by Crippen LogP contribution is -2.74. The third-order valence-electron chi connectivity index (χ3n) is 13.7. The molecule has 4 aliphatic heterocycles. The average molecular weight is 838 g/mol. The Bertz CT molecular complexity index is 2350. The molecule has 2 N–H and O–H groups in total. The molecule has 2 aromatic carbocycles. The highest BCUT2D eigenvalue weighted by Gasteiger charge is 2.64. The van der Waals surface area contributed by atoms with E-state index in [1.165, 1.54) is 6.07 Å². The molecule has 2 aliphatic carbocycles. The zero-order chi connectivity index (χ0) is 42.4. The van der Waals surface area contributed by atoms with E-state index in [0.29, 0.717) is 53.0 Å². The summed E-state index contributed by atoms with van der Waals surface area (Å²) in [6.45, 7) is 13.6. The predicted molar refractivity (Wildman–Crippen MR) is 216 cm³/mol. The monoisotopic (exact) mass is 837 g/mol. The second-order valence-electron chi connectivity index (χ2n) is 18.1. The smallest absolute Gasteiger partial charge is 0.272 e. The molecule has 0 radical (unpaired) electrons. The number of aromatic nitrogens is 2. The van der Waals surface area contributed by atoms with E-state index in [9.17, 15) is 29.2 Å². The first kappa shape index (κ1) is 39.8. The summed E-state index contributed by atoms with van der Waals surface area (Å²) < 4.78 is 21.8. The van der Waals surface area contributed by atoms with Crippen LogP contribution in [0.3, 0.4) is 0 Å². The lowest BCUT2D eigenvalue weighted by Gasteiger charge is -2.63. The van der Waals surface area contributed by atoms with Gasteiger partial charge in [-0.3, -0.25) is 39.1 Å². The number of fused-ring (bicyclic) bond motifs is 2. The first-order chi connectivity index (χ1) is 28.6. The third kappa shape index (κ3) is 6.62. The molecular formula is C43H45ClFN9O6. The van der Waals surface area contributed by atoms with Gasteiger partial charge in [-0.05, 0) is 60.6 Å². The van der Waals surface area contributed by atoms with Gasteiger partial charge in [0.05, 0.1) is 27.4 Å². The number of carbonyl (C=O) groups excluding carboxylic acids is 5. The maximum absolute atomic E-state index is 15.5. The number of benzene rings is 2. The fourth-order valence-electron chi connectivity index (χ4n) is 10.7. The van der Waals surface area contributed by atoms with Gasteiger partial charge >= 0.3 is 0 Å². The number of halogens is 2. The molecule has 3 aromatic rings. The highest BCUT2D eigenvalue weighted by atomic mass is 35.5. The molecule has 9 rings (SSSR count). The Morgan fingerprint density at radius 3 is 2.25 bits per heavy atom. The molecule has 4 atom stereocenters. The zero-order valence-electron chi connectivity index (χ0n) is 33.7. The Labute approximate surface area is 351 Å². The molecule has 0 bridgehead atoms. The minimum absolute atomic E-state index is 0.0138. The van der Waals surface area contributed by atoms with Gasteiger partial charge in [0, 0.05) is 75.2 Å². The van der Waals surface area contributed by atoms with Crippen molar-refractivity contribution in [2.45, 2.75) is 58.7 Å². The van der Waals surface area contributed by atoms with Crippen LogP contribution < -0.4 is 25.2 Å². The Morgan fingerprint density at radius 2 is 1.63 bits per heavy atom. The highest BCUT2D eigenvalue weighted by molar-refractivity contribution is 6.31. The molecule has 2 unspecified atom stereocenters.